The Kier molecular flexibility index (Phi) is 3.90. The third kappa shape index (κ3) is 2.51. The van der Waals surface area contributed by atoms with E-state index in [9.17, 15) is 10.1 Å². The van der Waals surface area contributed by atoms with Gasteiger partial charge in [-0.05, 0) is 36.4 Å². The number of ether oxygens (including phenoxy) is 1. The van der Waals surface area contributed by atoms with Crippen LogP contribution in [0.2, 0.25) is 0 Å². The molecule has 3 N–H and O–H groups in total. The smallest absolute Gasteiger partial charge is 0.252 e. The molecular weight excluding hydrogens is 374 g/mol. The van der Waals surface area contributed by atoms with E-state index in [1.54, 1.807) is 0 Å². The summed E-state index contributed by atoms with van der Waals surface area (Å²) in [5.41, 5.74) is 10.3. The molecule has 1 aromatic heterocycles. The molecule has 146 valence electrons. The number of nitrogens with two attached hydrogens (primary N) is 1. The van der Waals surface area contributed by atoms with E-state index in [0.717, 1.165) is 38.4 Å². The van der Waals surface area contributed by atoms with Crippen molar-refractivity contribution >= 4 is 21.7 Å². The minimum absolute atomic E-state index is 0.0341. The average Bonchev–Trinajstić information content (AvgIpc) is 2.75. The molecule has 0 amide bonds. The second-order valence-corrected chi connectivity index (χ2v) is 7.67. The monoisotopic (exact) mass is 393 g/mol. The highest BCUT2D eigenvalue weighted by molar-refractivity contribution is 5.91. The van der Waals surface area contributed by atoms with E-state index < -0.39 is 5.92 Å². The highest BCUT2D eigenvalue weighted by Gasteiger charge is 2.33. The van der Waals surface area contributed by atoms with Crippen molar-refractivity contribution in [1.29, 1.82) is 5.26 Å². The first-order valence-corrected chi connectivity index (χ1v) is 9.72. The highest BCUT2D eigenvalue weighted by Crippen LogP contribution is 2.44. The van der Waals surface area contributed by atoms with Crippen LogP contribution in [0.5, 0.6) is 5.75 Å². The number of nitrogens with zero attached hydrogens (tertiary/aromatic N) is 1. The van der Waals surface area contributed by atoms with Gasteiger partial charge in [-0.1, -0.05) is 48.5 Å². The summed E-state index contributed by atoms with van der Waals surface area (Å²) < 4.78 is 5.89. The fraction of sp³-hybridized carbons (Fsp3) is 0.120. The molecule has 1 atom stereocenters. The summed E-state index contributed by atoms with van der Waals surface area (Å²) in [4.78, 5) is 16.2. The van der Waals surface area contributed by atoms with E-state index in [-0.39, 0.29) is 17.0 Å². The van der Waals surface area contributed by atoms with Gasteiger partial charge in [0.15, 0.2) is 0 Å². The Morgan fingerprint density at radius 2 is 1.77 bits per heavy atom. The number of hydrogen-bond acceptors (Lipinski definition) is 4. The van der Waals surface area contributed by atoms with Crippen molar-refractivity contribution in [2.75, 3.05) is 0 Å². The molecule has 5 heteroatoms. The van der Waals surface area contributed by atoms with Crippen LogP contribution in [0, 0.1) is 25.2 Å². The minimum Gasteiger partial charge on any atom is -0.440 e. The van der Waals surface area contributed by atoms with Crippen LogP contribution in [0.15, 0.2) is 70.8 Å². The summed E-state index contributed by atoms with van der Waals surface area (Å²) in [6, 6.07) is 19.8. The maximum Gasteiger partial charge on any atom is 0.252 e. The van der Waals surface area contributed by atoms with Crippen molar-refractivity contribution < 1.29 is 4.74 Å². The van der Waals surface area contributed by atoms with Crippen LogP contribution in [-0.4, -0.2) is 4.98 Å². The van der Waals surface area contributed by atoms with E-state index in [4.69, 9.17) is 10.5 Å². The van der Waals surface area contributed by atoms with Crippen molar-refractivity contribution in [3.05, 3.63) is 98.7 Å². The van der Waals surface area contributed by atoms with E-state index in [2.05, 4.69) is 11.1 Å². The van der Waals surface area contributed by atoms with E-state index in [1.165, 1.54) is 0 Å². The maximum absolute atomic E-state index is 13.2. The molecule has 4 aromatic rings. The molecule has 3 aromatic carbocycles. The summed E-state index contributed by atoms with van der Waals surface area (Å²) in [5.74, 6) is 0.0262. The predicted molar refractivity (Wildman–Crippen MR) is 117 cm³/mol. The summed E-state index contributed by atoms with van der Waals surface area (Å²) in [7, 11) is 0. The van der Waals surface area contributed by atoms with Gasteiger partial charge in [0.05, 0.1) is 11.4 Å². The molecule has 0 bridgehead atoms. The Balaban J connectivity index is 1.86. The van der Waals surface area contributed by atoms with E-state index in [1.807, 2.05) is 68.4 Å². The normalized spacial score (nSPS) is 15.7. The summed E-state index contributed by atoms with van der Waals surface area (Å²) in [5, 5.41) is 12.7. The molecule has 0 unspecified atom stereocenters. The number of nitriles is 1. The number of rotatable bonds is 1. The molecule has 0 spiro atoms. The number of benzene rings is 3. The molecule has 5 nitrogen and oxygen atoms in total. The zero-order chi connectivity index (χ0) is 21.0. The van der Waals surface area contributed by atoms with Gasteiger partial charge in [-0.15, -0.1) is 0 Å². The molecular formula is C25H19N3O2. The average molecular weight is 393 g/mol. The van der Waals surface area contributed by atoms with Crippen LogP contribution in [-0.2, 0) is 0 Å². The van der Waals surface area contributed by atoms with Crippen LogP contribution in [0.3, 0.4) is 0 Å². The quantitative estimate of drug-likeness (QED) is 0.497. The number of aryl methyl sites for hydroxylation is 2. The fourth-order valence-corrected chi connectivity index (χ4v) is 4.31. The molecule has 2 heterocycles. The second kappa shape index (κ2) is 6.50. The maximum atomic E-state index is 13.2. The largest absolute Gasteiger partial charge is 0.440 e. The predicted octanol–water partition coefficient (Wildman–Crippen LogP) is 4.52. The molecule has 5 rings (SSSR count). The van der Waals surface area contributed by atoms with Crippen molar-refractivity contribution in [2.45, 2.75) is 19.8 Å². The standard InChI is InChI=1S/C25H19N3O2/c1-13-7-8-14(2)22-18(13)11-19(25(29)28-22)21-17-10-9-15-5-3-4-6-16(15)23(17)30-24(27)20(21)12-26/h3-11,21H,27H2,1-2H3,(H,28,29)/t21-/m0/s1. The first-order chi connectivity index (χ1) is 14.5. The van der Waals surface area contributed by atoms with E-state index >= 15 is 0 Å². The van der Waals surface area contributed by atoms with E-state index in [0.29, 0.717) is 11.3 Å². The molecule has 0 fully saturated rings. The van der Waals surface area contributed by atoms with Crippen LogP contribution in [0.25, 0.3) is 21.7 Å². The molecule has 30 heavy (non-hydrogen) atoms. The number of pyridine rings is 1. The number of aromatic amines is 1. The molecule has 1 aliphatic heterocycles. The number of H-pyrrole nitrogens is 1. The van der Waals surface area contributed by atoms with Crippen molar-refractivity contribution in [2.24, 2.45) is 5.73 Å². The zero-order valence-electron chi connectivity index (χ0n) is 16.6. The van der Waals surface area contributed by atoms with Gasteiger partial charge in [0.2, 0.25) is 5.88 Å². The van der Waals surface area contributed by atoms with Gasteiger partial charge in [0.25, 0.3) is 5.56 Å². The zero-order valence-corrected chi connectivity index (χ0v) is 16.6. The Bertz CT molecular complexity index is 1490. The SMILES string of the molecule is Cc1ccc(C)c2[nH]c(=O)c([C@H]3C(C#N)=C(N)Oc4c3ccc3ccccc43)cc12. The van der Waals surface area contributed by atoms with Crippen LogP contribution in [0.4, 0.5) is 0 Å². The van der Waals surface area contributed by atoms with Crippen LogP contribution < -0.4 is 16.0 Å². The van der Waals surface area contributed by atoms with Gasteiger partial charge in [-0.25, -0.2) is 0 Å². The van der Waals surface area contributed by atoms with Gasteiger partial charge in [0.1, 0.15) is 17.4 Å². The number of aromatic nitrogens is 1. The minimum atomic E-state index is -0.601. The highest BCUT2D eigenvalue weighted by atomic mass is 16.5. The number of hydrogen-bond donors (Lipinski definition) is 2. The number of allylic oxidation sites excluding steroid dienone is 1. The summed E-state index contributed by atoms with van der Waals surface area (Å²) in [6.07, 6.45) is 0. The molecule has 0 aliphatic carbocycles. The lowest BCUT2D eigenvalue weighted by atomic mass is 9.82. The number of fused-ring (bicyclic) bond motifs is 4. The second-order valence-electron chi connectivity index (χ2n) is 7.67. The first kappa shape index (κ1) is 18.0. The number of nitrogens with one attached hydrogen (secondary N) is 1. The van der Waals surface area contributed by atoms with Crippen molar-refractivity contribution in [3.63, 3.8) is 0 Å². The van der Waals surface area contributed by atoms with Gasteiger partial charge < -0.3 is 15.5 Å². The topological polar surface area (TPSA) is 91.9 Å². The first-order valence-electron chi connectivity index (χ1n) is 9.72. The van der Waals surface area contributed by atoms with Gasteiger partial charge in [-0.3, -0.25) is 4.79 Å². The van der Waals surface area contributed by atoms with Crippen molar-refractivity contribution in [3.8, 4) is 11.8 Å². The Labute approximate surface area is 173 Å². The molecule has 0 saturated heterocycles. The molecule has 0 radical (unpaired) electrons. The lowest BCUT2D eigenvalue weighted by Gasteiger charge is -2.27. The Morgan fingerprint density at radius 3 is 2.57 bits per heavy atom. The summed E-state index contributed by atoms with van der Waals surface area (Å²) >= 11 is 0. The van der Waals surface area contributed by atoms with Gasteiger partial charge >= 0.3 is 0 Å². The molecule has 1 aliphatic rings. The molecule has 0 saturated carbocycles. The lowest BCUT2D eigenvalue weighted by molar-refractivity contribution is 0.398. The van der Waals surface area contributed by atoms with Crippen LogP contribution in [0.1, 0.15) is 28.2 Å². The third-order valence-corrected chi connectivity index (χ3v) is 5.89. The fourth-order valence-electron chi connectivity index (χ4n) is 4.31. The van der Waals surface area contributed by atoms with Crippen LogP contribution >= 0.6 is 0 Å². The Morgan fingerprint density at radius 1 is 1.00 bits per heavy atom. The van der Waals surface area contributed by atoms with Gasteiger partial charge in [-0.2, -0.15) is 5.26 Å². The third-order valence-electron chi connectivity index (χ3n) is 5.89. The Hall–Kier alpha value is -4.04. The summed E-state index contributed by atoms with van der Waals surface area (Å²) in [6.45, 7) is 3.97. The van der Waals surface area contributed by atoms with Gasteiger partial charge in [0, 0.05) is 21.9 Å². The van der Waals surface area contributed by atoms with Crippen molar-refractivity contribution in [1.82, 2.24) is 4.98 Å². The lowest BCUT2D eigenvalue weighted by Crippen LogP contribution is -2.25.